The Hall–Kier alpha value is -1.14. The number of thioether (sulfide) groups is 1. The van der Waals surface area contributed by atoms with E-state index in [9.17, 15) is 4.79 Å². The van der Waals surface area contributed by atoms with Gasteiger partial charge in [0.05, 0.1) is 5.02 Å². The highest BCUT2D eigenvalue weighted by molar-refractivity contribution is 7.99. The molecular formula is C14H11Cl2NO3S. The lowest BCUT2D eigenvalue weighted by atomic mass is 10.2. The van der Waals surface area contributed by atoms with Crippen LogP contribution in [0.15, 0.2) is 34.7 Å². The molecular weight excluding hydrogens is 333 g/mol. The fourth-order valence-corrected chi connectivity index (χ4v) is 3.78. The molecule has 0 bridgehead atoms. The summed E-state index contributed by atoms with van der Waals surface area (Å²) in [7, 11) is 0. The van der Waals surface area contributed by atoms with E-state index >= 15 is 0 Å². The molecule has 1 aromatic heterocycles. The number of benzene rings is 1. The van der Waals surface area contributed by atoms with E-state index in [0.717, 1.165) is 5.56 Å². The number of carbonyl (C=O) groups is 1. The van der Waals surface area contributed by atoms with Gasteiger partial charge in [-0.1, -0.05) is 23.2 Å². The molecule has 2 aromatic rings. The predicted molar refractivity (Wildman–Crippen MR) is 83.9 cm³/mol. The van der Waals surface area contributed by atoms with E-state index in [1.54, 1.807) is 18.2 Å². The monoisotopic (exact) mass is 343 g/mol. The van der Waals surface area contributed by atoms with Gasteiger partial charge in [0.1, 0.15) is 22.9 Å². The highest BCUT2D eigenvalue weighted by Gasteiger charge is 2.32. The van der Waals surface area contributed by atoms with Gasteiger partial charge in [-0.15, -0.1) is 11.8 Å². The largest absolute Gasteiger partial charge is 0.480 e. The molecule has 2 N–H and O–H groups in total. The number of aliphatic carboxylic acids is 1. The first-order valence-electron chi connectivity index (χ1n) is 6.20. The number of furan rings is 1. The second-order valence-electron chi connectivity index (χ2n) is 4.60. The topological polar surface area (TPSA) is 62.5 Å². The molecule has 7 heteroatoms. The van der Waals surface area contributed by atoms with Crippen LogP contribution in [-0.4, -0.2) is 22.9 Å². The lowest BCUT2D eigenvalue weighted by Gasteiger charge is -2.08. The molecule has 21 heavy (non-hydrogen) atoms. The van der Waals surface area contributed by atoms with Crippen molar-refractivity contribution in [1.29, 1.82) is 0 Å². The number of nitrogens with one attached hydrogen (secondary N) is 1. The molecule has 0 spiro atoms. The third kappa shape index (κ3) is 3.06. The zero-order chi connectivity index (χ0) is 15.0. The normalized spacial score (nSPS) is 21.6. The van der Waals surface area contributed by atoms with E-state index in [1.165, 1.54) is 11.8 Å². The molecule has 1 aromatic carbocycles. The quantitative estimate of drug-likeness (QED) is 0.880. The zero-order valence-corrected chi connectivity index (χ0v) is 13.0. The van der Waals surface area contributed by atoms with Crippen molar-refractivity contribution in [2.45, 2.75) is 11.4 Å². The average Bonchev–Trinajstić information content (AvgIpc) is 3.07. The molecule has 2 heterocycles. The van der Waals surface area contributed by atoms with Gasteiger partial charge >= 0.3 is 5.97 Å². The smallest absolute Gasteiger partial charge is 0.321 e. The molecule has 0 saturated carbocycles. The standard InChI is InChI=1S/C14H11Cl2NO3S/c15-7-1-2-8(9(16)5-7)11-3-4-12(20-11)13-17-10(6-21-13)14(18)19/h1-5,10,13,17H,6H2,(H,18,19). The second-order valence-corrected chi connectivity index (χ2v) is 6.58. The van der Waals surface area contributed by atoms with Crippen LogP contribution < -0.4 is 5.32 Å². The summed E-state index contributed by atoms with van der Waals surface area (Å²) in [6.07, 6.45) is 0. The first kappa shape index (κ1) is 14.8. The number of carboxylic acids is 1. The highest BCUT2D eigenvalue weighted by Crippen LogP contribution is 2.37. The second kappa shape index (κ2) is 5.93. The first-order valence-corrected chi connectivity index (χ1v) is 8.00. The van der Waals surface area contributed by atoms with Crippen LogP contribution in [0.2, 0.25) is 10.0 Å². The Balaban J connectivity index is 1.82. The van der Waals surface area contributed by atoms with Gasteiger partial charge in [0.2, 0.25) is 0 Å². The van der Waals surface area contributed by atoms with E-state index in [2.05, 4.69) is 5.32 Å². The minimum atomic E-state index is -0.850. The van der Waals surface area contributed by atoms with Crippen molar-refractivity contribution in [3.8, 4) is 11.3 Å². The highest BCUT2D eigenvalue weighted by atomic mass is 35.5. The van der Waals surface area contributed by atoms with Gasteiger partial charge in [0.15, 0.2) is 0 Å². The van der Waals surface area contributed by atoms with Crippen LogP contribution in [0.25, 0.3) is 11.3 Å². The van der Waals surface area contributed by atoms with Crippen molar-refractivity contribution in [3.05, 3.63) is 46.1 Å². The van der Waals surface area contributed by atoms with Crippen molar-refractivity contribution in [1.82, 2.24) is 5.32 Å². The van der Waals surface area contributed by atoms with Crippen molar-refractivity contribution < 1.29 is 14.3 Å². The molecule has 0 amide bonds. The Labute approximate surface area is 135 Å². The minimum Gasteiger partial charge on any atom is -0.480 e. The van der Waals surface area contributed by atoms with Gasteiger partial charge in [-0.2, -0.15) is 0 Å². The number of hydrogen-bond donors (Lipinski definition) is 2. The summed E-state index contributed by atoms with van der Waals surface area (Å²) in [6, 6.07) is 8.29. The molecule has 4 nitrogen and oxygen atoms in total. The van der Waals surface area contributed by atoms with Crippen LogP contribution in [0.3, 0.4) is 0 Å². The van der Waals surface area contributed by atoms with Gasteiger partial charge in [-0.25, -0.2) is 0 Å². The van der Waals surface area contributed by atoms with Crippen molar-refractivity contribution in [2.24, 2.45) is 0 Å². The predicted octanol–water partition coefficient (Wildman–Crippen LogP) is 4.04. The Bertz CT molecular complexity index is 689. The van der Waals surface area contributed by atoms with Crippen molar-refractivity contribution in [3.63, 3.8) is 0 Å². The maximum absolute atomic E-state index is 10.9. The molecule has 3 rings (SSSR count). The Morgan fingerprint density at radius 3 is 2.81 bits per heavy atom. The molecule has 2 atom stereocenters. The van der Waals surface area contributed by atoms with Gasteiger partial charge in [0, 0.05) is 16.3 Å². The van der Waals surface area contributed by atoms with E-state index in [4.69, 9.17) is 32.7 Å². The molecule has 2 unspecified atom stereocenters. The van der Waals surface area contributed by atoms with Gasteiger partial charge in [-0.3, -0.25) is 10.1 Å². The van der Waals surface area contributed by atoms with E-state index in [0.29, 0.717) is 27.3 Å². The Morgan fingerprint density at radius 1 is 1.33 bits per heavy atom. The summed E-state index contributed by atoms with van der Waals surface area (Å²) < 4.78 is 5.80. The fraction of sp³-hybridized carbons (Fsp3) is 0.214. The molecule has 110 valence electrons. The fourth-order valence-electron chi connectivity index (χ4n) is 2.11. The van der Waals surface area contributed by atoms with Crippen molar-refractivity contribution >= 4 is 40.9 Å². The van der Waals surface area contributed by atoms with Gasteiger partial charge in [0.25, 0.3) is 0 Å². The number of halogens is 2. The maximum Gasteiger partial charge on any atom is 0.321 e. The summed E-state index contributed by atoms with van der Waals surface area (Å²) in [5.41, 5.74) is 0.755. The molecule has 1 fully saturated rings. The number of carboxylic acid groups (broad SMARTS) is 1. The van der Waals surface area contributed by atoms with Crippen molar-refractivity contribution in [2.75, 3.05) is 5.75 Å². The number of rotatable bonds is 3. The van der Waals surface area contributed by atoms with Crippen LogP contribution in [0.4, 0.5) is 0 Å². The molecule has 1 aliphatic heterocycles. The molecule has 1 saturated heterocycles. The summed E-state index contributed by atoms with van der Waals surface area (Å²) >= 11 is 13.5. The van der Waals surface area contributed by atoms with E-state index in [1.807, 2.05) is 12.1 Å². The summed E-state index contributed by atoms with van der Waals surface area (Å²) in [5, 5.41) is 12.9. The molecule has 0 radical (unpaired) electrons. The van der Waals surface area contributed by atoms with Crippen LogP contribution in [0, 0.1) is 0 Å². The molecule has 1 aliphatic rings. The lowest BCUT2D eigenvalue weighted by Crippen LogP contribution is -2.33. The van der Waals surface area contributed by atoms with E-state index in [-0.39, 0.29) is 5.37 Å². The Morgan fingerprint density at radius 2 is 2.14 bits per heavy atom. The van der Waals surface area contributed by atoms with Gasteiger partial charge < -0.3 is 9.52 Å². The maximum atomic E-state index is 10.9. The van der Waals surface area contributed by atoms with Crippen LogP contribution >= 0.6 is 35.0 Å². The van der Waals surface area contributed by atoms with Crippen LogP contribution in [0.5, 0.6) is 0 Å². The van der Waals surface area contributed by atoms with E-state index < -0.39 is 12.0 Å². The summed E-state index contributed by atoms with van der Waals surface area (Å²) in [6.45, 7) is 0. The SMILES string of the molecule is O=C(O)C1CSC(c2ccc(-c3ccc(Cl)cc3Cl)o2)N1. The molecule has 0 aliphatic carbocycles. The third-order valence-corrected chi connectivity index (χ3v) is 4.94. The van der Waals surface area contributed by atoms with Crippen LogP contribution in [-0.2, 0) is 4.79 Å². The minimum absolute atomic E-state index is 0.161. The summed E-state index contributed by atoms with van der Waals surface area (Å²) in [5.74, 6) is 0.979. The van der Waals surface area contributed by atoms with Crippen LogP contribution in [0.1, 0.15) is 11.1 Å². The lowest BCUT2D eigenvalue weighted by molar-refractivity contribution is -0.138. The third-order valence-electron chi connectivity index (χ3n) is 3.16. The average molecular weight is 344 g/mol. The number of hydrogen-bond acceptors (Lipinski definition) is 4. The first-order chi connectivity index (χ1) is 10.0. The van der Waals surface area contributed by atoms with Gasteiger partial charge in [-0.05, 0) is 30.3 Å². The summed E-state index contributed by atoms with van der Waals surface area (Å²) in [4.78, 5) is 10.9. The Kier molecular flexibility index (Phi) is 4.17. The zero-order valence-electron chi connectivity index (χ0n) is 10.7.